The first kappa shape index (κ1) is 18.6. The van der Waals surface area contributed by atoms with Gasteiger partial charge in [0, 0.05) is 0 Å². The number of aryl methyl sites for hydroxylation is 1. The standard InChI is InChI=1S/C24H22N4O/c1-18-12-14-21(15-13-18)23(20-10-6-3-7-11-20)25-24(29)22-17-28(27-26-22)16-19-8-4-2-5-9-19/h2-15,17,23H,16H2,1H3,(H,25,29). The van der Waals surface area contributed by atoms with Crippen molar-refractivity contribution in [2.24, 2.45) is 0 Å². The molecule has 144 valence electrons. The highest BCUT2D eigenvalue weighted by Crippen LogP contribution is 2.22. The second-order valence-corrected chi connectivity index (χ2v) is 7.01. The lowest BCUT2D eigenvalue weighted by molar-refractivity contribution is 0.0938. The van der Waals surface area contributed by atoms with Crippen molar-refractivity contribution in [2.75, 3.05) is 0 Å². The summed E-state index contributed by atoms with van der Waals surface area (Å²) in [5.41, 5.74) is 4.61. The summed E-state index contributed by atoms with van der Waals surface area (Å²) in [6.45, 7) is 2.62. The number of hydrogen-bond donors (Lipinski definition) is 1. The van der Waals surface area contributed by atoms with Crippen LogP contribution in [0, 0.1) is 6.92 Å². The van der Waals surface area contributed by atoms with Gasteiger partial charge in [0.2, 0.25) is 0 Å². The fraction of sp³-hybridized carbons (Fsp3) is 0.125. The first-order chi connectivity index (χ1) is 14.2. The monoisotopic (exact) mass is 382 g/mol. The minimum absolute atomic E-state index is 0.251. The van der Waals surface area contributed by atoms with Gasteiger partial charge in [-0.1, -0.05) is 95.7 Å². The molecule has 1 heterocycles. The number of carbonyl (C=O) groups is 1. The molecule has 0 saturated heterocycles. The van der Waals surface area contributed by atoms with Crippen LogP contribution in [0.1, 0.15) is 38.8 Å². The topological polar surface area (TPSA) is 59.8 Å². The third kappa shape index (κ3) is 4.58. The molecule has 1 unspecified atom stereocenters. The van der Waals surface area contributed by atoms with Crippen LogP contribution in [0.5, 0.6) is 0 Å². The van der Waals surface area contributed by atoms with Crippen molar-refractivity contribution >= 4 is 5.91 Å². The molecular weight excluding hydrogens is 360 g/mol. The Balaban J connectivity index is 1.55. The van der Waals surface area contributed by atoms with Crippen molar-refractivity contribution in [2.45, 2.75) is 19.5 Å². The average Bonchev–Trinajstić information content (AvgIpc) is 3.23. The van der Waals surface area contributed by atoms with Crippen LogP contribution in [0.25, 0.3) is 0 Å². The highest BCUT2D eigenvalue weighted by molar-refractivity contribution is 5.92. The van der Waals surface area contributed by atoms with E-state index in [0.29, 0.717) is 12.2 Å². The maximum absolute atomic E-state index is 12.9. The normalized spacial score (nSPS) is 11.8. The maximum Gasteiger partial charge on any atom is 0.274 e. The van der Waals surface area contributed by atoms with Gasteiger partial charge >= 0.3 is 0 Å². The van der Waals surface area contributed by atoms with Crippen molar-refractivity contribution in [3.05, 3.63) is 119 Å². The average molecular weight is 382 g/mol. The first-order valence-corrected chi connectivity index (χ1v) is 9.55. The number of nitrogens with zero attached hydrogens (tertiary/aromatic N) is 3. The molecule has 4 rings (SSSR count). The predicted molar refractivity (Wildman–Crippen MR) is 112 cm³/mol. The largest absolute Gasteiger partial charge is 0.340 e. The van der Waals surface area contributed by atoms with Crippen LogP contribution < -0.4 is 5.32 Å². The smallest absolute Gasteiger partial charge is 0.274 e. The molecule has 1 amide bonds. The lowest BCUT2D eigenvalue weighted by atomic mass is 9.97. The first-order valence-electron chi connectivity index (χ1n) is 9.55. The minimum Gasteiger partial charge on any atom is -0.340 e. The van der Waals surface area contributed by atoms with E-state index < -0.39 is 0 Å². The van der Waals surface area contributed by atoms with Crippen LogP contribution in [-0.2, 0) is 6.54 Å². The van der Waals surface area contributed by atoms with E-state index in [0.717, 1.165) is 16.7 Å². The van der Waals surface area contributed by atoms with E-state index in [-0.39, 0.29) is 11.9 Å². The van der Waals surface area contributed by atoms with Gasteiger partial charge in [0.15, 0.2) is 5.69 Å². The number of carbonyl (C=O) groups excluding carboxylic acids is 1. The summed E-state index contributed by atoms with van der Waals surface area (Å²) < 4.78 is 1.67. The molecule has 0 radical (unpaired) electrons. The van der Waals surface area contributed by atoms with Crippen LogP contribution >= 0.6 is 0 Å². The van der Waals surface area contributed by atoms with E-state index in [2.05, 4.69) is 15.6 Å². The molecule has 0 spiro atoms. The highest BCUT2D eigenvalue weighted by Gasteiger charge is 2.19. The minimum atomic E-state index is -0.261. The molecule has 0 bridgehead atoms. The molecule has 5 nitrogen and oxygen atoms in total. The Kier molecular flexibility index (Phi) is 5.47. The molecule has 0 aliphatic rings. The zero-order valence-electron chi connectivity index (χ0n) is 16.2. The van der Waals surface area contributed by atoms with Crippen LogP contribution in [0.3, 0.4) is 0 Å². The molecule has 1 N–H and O–H groups in total. The van der Waals surface area contributed by atoms with E-state index in [1.165, 1.54) is 5.56 Å². The van der Waals surface area contributed by atoms with Gasteiger partial charge in [-0.15, -0.1) is 5.10 Å². The van der Waals surface area contributed by atoms with E-state index in [9.17, 15) is 4.79 Å². The Labute approximate surface area is 170 Å². The van der Waals surface area contributed by atoms with Gasteiger partial charge in [0.05, 0.1) is 18.8 Å². The Morgan fingerprint density at radius 3 is 2.21 bits per heavy atom. The number of amides is 1. The van der Waals surface area contributed by atoms with Gasteiger partial charge in [0.25, 0.3) is 5.91 Å². The molecular formula is C24H22N4O. The summed E-state index contributed by atoms with van der Waals surface area (Å²) in [4.78, 5) is 12.9. The van der Waals surface area contributed by atoms with E-state index in [1.807, 2.05) is 91.9 Å². The SMILES string of the molecule is Cc1ccc(C(NC(=O)c2cn(Cc3ccccc3)nn2)c2ccccc2)cc1. The van der Waals surface area contributed by atoms with Gasteiger partial charge in [-0.05, 0) is 23.6 Å². The van der Waals surface area contributed by atoms with Crippen molar-refractivity contribution in [1.29, 1.82) is 0 Å². The number of benzene rings is 3. The highest BCUT2D eigenvalue weighted by atomic mass is 16.2. The zero-order valence-corrected chi connectivity index (χ0v) is 16.2. The van der Waals surface area contributed by atoms with Gasteiger partial charge < -0.3 is 5.32 Å². The fourth-order valence-corrected chi connectivity index (χ4v) is 3.22. The van der Waals surface area contributed by atoms with Crippen LogP contribution in [0.15, 0.2) is 91.1 Å². The van der Waals surface area contributed by atoms with E-state index >= 15 is 0 Å². The number of aromatic nitrogens is 3. The van der Waals surface area contributed by atoms with Crippen LogP contribution in [0.4, 0.5) is 0 Å². The van der Waals surface area contributed by atoms with E-state index in [4.69, 9.17) is 0 Å². The third-order valence-corrected chi connectivity index (χ3v) is 4.78. The lowest BCUT2D eigenvalue weighted by Gasteiger charge is -2.19. The van der Waals surface area contributed by atoms with Crippen LogP contribution in [0.2, 0.25) is 0 Å². The molecule has 4 aromatic rings. The van der Waals surface area contributed by atoms with Crippen molar-refractivity contribution in [1.82, 2.24) is 20.3 Å². The Bertz CT molecular complexity index is 1070. The quantitative estimate of drug-likeness (QED) is 0.545. The van der Waals surface area contributed by atoms with Crippen molar-refractivity contribution in [3.8, 4) is 0 Å². The molecule has 5 heteroatoms. The van der Waals surface area contributed by atoms with Gasteiger partial charge in [-0.3, -0.25) is 4.79 Å². The Hall–Kier alpha value is -3.73. The van der Waals surface area contributed by atoms with Gasteiger partial charge in [0.1, 0.15) is 0 Å². The summed E-state index contributed by atoms with van der Waals surface area (Å²) in [6, 6.07) is 27.8. The summed E-state index contributed by atoms with van der Waals surface area (Å²) in [5, 5.41) is 11.3. The number of hydrogen-bond acceptors (Lipinski definition) is 3. The summed E-state index contributed by atoms with van der Waals surface area (Å²) in [7, 11) is 0. The Morgan fingerprint density at radius 1 is 0.897 bits per heavy atom. The van der Waals surface area contributed by atoms with E-state index in [1.54, 1.807) is 10.9 Å². The molecule has 0 aliphatic heterocycles. The summed E-state index contributed by atoms with van der Waals surface area (Å²) >= 11 is 0. The van der Waals surface area contributed by atoms with Crippen molar-refractivity contribution in [3.63, 3.8) is 0 Å². The molecule has 1 aromatic heterocycles. The van der Waals surface area contributed by atoms with Crippen LogP contribution in [-0.4, -0.2) is 20.9 Å². The zero-order chi connectivity index (χ0) is 20.1. The van der Waals surface area contributed by atoms with Crippen molar-refractivity contribution < 1.29 is 4.79 Å². The number of rotatable bonds is 6. The third-order valence-electron chi connectivity index (χ3n) is 4.78. The fourth-order valence-electron chi connectivity index (χ4n) is 3.22. The molecule has 1 atom stereocenters. The molecule has 0 aliphatic carbocycles. The maximum atomic E-state index is 12.9. The Morgan fingerprint density at radius 2 is 1.52 bits per heavy atom. The summed E-state index contributed by atoms with van der Waals surface area (Å²) in [5.74, 6) is -0.251. The molecule has 0 saturated carbocycles. The molecule has 29 heavy (non-hydrogen) atoms. The second kappa shape index (κ2) is 8.52. The summed E-state index contributed by atoms with van der Waals surface area (Å²) in [6.07, 6.45) is 1.68. The van der Waals surface area contributed by atoms with Gasteiger partial charge in [-0.25, -0.2) is 4.68 Å². The van der Waals surface area contributed by atoms with Gasteiger partial charge in [-0.2, -0.15) is 0 Å². The molecule has 0 fully saturated rings. The number of nitrogens with one attached hydrogen (secondary N) is 1. The second-order valence-electron chi connectivity index (χ2n) is 7.01. The lowest BCUT2D eigenvalue weighted by Crippen LogP contribution is -2.29. The predicted octanol–water partition coefficient (Wildman–Crippen LogP) is 4.15. The molecule has 3 aromatic carbocycles.